The monoisotopic (exact) mass is 436 g/mol. The van der Waals surface area contributed by atoms with Crippen molar-refractivity contribution < 1.29 is 33.6 Å². The van der Waals surface area contributed by atoms with E-state index in [1.54, 1.807) is 12.1 Å². The summed E-state index contributed by atoms with van der Waals surface area (Å²) >= 11 is 0. The average Bonchev–Trinajstić information content (AvgIpc) is 2.82. The van der Waals surface area contributed by atoms with Crippen molar-refractivity contribution in [3.8, 4) is 28.7 Å². The Morgan fingerprint density at radius 1 is 0.781 bits per heavy atom. The minimum absolute atomic E-state index is 0.0728. The molecule has 3 rings (SSSR count). The number of ether oxygens (including phenoxy) is 4. The molecule has 0 bridgehead atoms. The van der Waals surface area contributed by atoms with E-state index in [1.165, 1.54) is 39.5 Å². The first kappa shape index (κ1) is 22.7. The zero-order chi connectivity index (χ0) is 23.1. The molecule has 0 atom stereocenters. The van der Waals surface area contributed by atoms with Crippen LogP contribution in [-0.4, -0.2) is 38.0 Å². The minimum Gasteiger partial charge on any atom is -0.507 e. The lowest BCUT2D eigenvalue weighted by Gasteiger charge is -2.13. The highest BCUT2D eigenvalue weighted by molar-refractivity contribution is 6.15. The van der Waals surface area contributed by atoms with Gasteiger partial charge in [0.2, 0.25) is 0 Å². The molecule has 32 heavy (non-hydrogen) atoms. The number of carbonyl (C=O) groups excluding carboxylic acids is 2. The van der Waals surface area contributed by atoms with Crippen LogP contribution in [0.4, 0.5) is 0 Å². The van der Waals surface area contributed by atoms with Gasteiger partial charge in [0.25, 0.3) is 0 Å². The Morgan fingerprint density at radius 2 is 1.50 bits per heavy atom. The van der Waals surface area contributed by atoms with E-state index in [1.807, 2.05) is 30.3 Å². The Bertz CT molecular complexity index is 1110. The van der Waals surface area contributed by atoms with Crippen LogP contribution < -0.4 is 18.9 Å². The molecule has 0 aliphatic heterocycles. The van der Waals surface area contributed by atoms with Crippen molar-refractivity contribution in [3.05, 3.63) is 77.4 Å². The number of benzene rings is 3. The van der Waals surface area contributed by atoms with Crippen LogP contribution in [0.1, 0.15) is 32.7 Å². The maximum atomic E-state index is 12.8. The summed E-state index contributed by atoms with van der Waals surface area (Å²) < 4.78 is 21.4. The van der Waals surface area contributed by atoms with Gasteiger partial charge >= 0.3 is 0 Å². The van der Waals surface area contributed by atoms with Gasteiger partial charge in [0.1, 0.15) is 29.4 Å². The number of aromatic hydroxyl groups is 1. The first-order valence-corrected chi connectivity index (χ1v) is 9.83. The van der Waals surface area contributed by atoms with Crippen LogP contribution in [0, 0.1) is 0 Å². The summed E-state index contributed by atoms with van der Waals surface area (Å²) in [7, 11) is 4.27. The van der Waals surface area contributed by atoms with Crippen LogP contribution in [0.5, 0.6) is 28.7 Å². The van der Waals surface area contributed by atoms with Crippen molar-refractivity contribution in [2.75, 3.05) is 21.3 Å². The van der Waals surface area contributed by atoms with Crippen molar-refractivity contribution in [3.63, 3.8) is 0 Å². The van der Waals surface area contributed by atoms with Gasteiger partial charge in [0.15, 0.2) is 23.1 Å². The summed E-state index contributed by atoms with van der Waals surface area (Å²) in [5, 5.41) is 10.2. The Kier molecular flexibility index (Phi) is 7.33. The number of ketones is 2. The standard InChI is InChI=1S/C25H24O7/c1-29-18-12-20(27)25(24(13-18)31-3)21(28)14-19(26)17-9-10-22(23(11-17)30-2)32-15-16-7-5-4-6-8-16/h4-13,27H,14-15H2,1-3H3. The summed E-state index contributed by atoms with van der Waals surface area (Å²) in [5.74, 6) is -0.00505. The van der Waals surface area contributed by atoms with Crippen LogP contribution >= 0.6 is 0 Å². The molecular formula is C25H24O7. The molecule has 0 fully saturated rings. The van der Waals surface area contributed by atoms with Gasteiger partial charge in [-0.05, 0) is 23.8 Å². The van der Waals surface area contributed by atoms with Crippen LogP contribution in [0.3, 0.4) is 0 Å². The van der Waals surface area contributed by atoms with E-state index >= 15 is 0 Å². The van der Waals surface area contributed by atoms with Crippen molar-refractivity contribution in [2.45, 2.75) is 13.0 Å². The maximum absolute atomic E-state index is 12.8. The topological polar surface area (TPSA) is 91.3 Å². The molecule has 0 aliphatic rings. The number of rotatable bonds is 10. The highest BCUT2D eigenvalue weighted by atomic mass is 16.5. The van der Waals surface area contributed by atoms with E-state index in [0.717, 1.165) is 5.56 Å². The van der Waals surface area contributed by atoms with Crippen molar-refractivity contribution in [1.29, 1.82) is 0 Å². The fourth-order valence-electron chi connectivity index (χ4n) is 3.17. The molecule has 7 heteroatoms. The Morgan fingerprint density at radius 3 is 2.16 bits per heavy atom. The number of phenolic OH excluding ortho intramolecular Hbond substituents is 1. The van der Waals surface area contributed by atoms with Gasteiger partial charge in [-0.25, -0.2) is 0 Å². The summed E-state index contributed by atoms with van der Waals surface area (Å²) in [5.41, 5.74) is 1.21. The quantitative estimate of drug-likeness (QED) is 0.371. The maximum Gasteiger partial charge on any atom is 0.178 e. The highest BCUT2D eigenvalue weighted by Gasteiger charge is 2.23. The molecule has 0 unspecified atom stereocenters. The molecule has 0 spiro atoms. The number of phenols is 1. The van der Waals surface area contributed by atoms with E-state index in [2.05, 4.69) is 0 Å². The number of Topliss-reactive ketones (excluding diaryl/α,β-unsaturated/α-hetero) is 2. The lowest BCUT2D eigenvalue weighted by atomic mass is 9.99. The van der Waals surface area contributed by atoms with E-state index in [4.69, 9.17) is 18.9 Å². The predicted molar refractivity (Wildman–Crippen MR) is 118 cm³/mol. The summed E-state index contributed by atoms with van der Waals surface area (Å²) in [6.07, 6.45) is -0.455. The molecule has 0 saturated heterocycles. The zero-order valence-corrected chi connectivity index (χ0v) is 18.1. The third kappa shape index (κ3) is 5.18. The molecule has 1 N–H and O–H groups in total. The van der Waals surface area contributed by atoms with Gasteiger partial charge in [-0.2, -0.15) is 0 Å². The largest absolute Gasteiger partial charge is 0.507 e. The molecule has 3 aromatic rings. The fraction of sp³-hybridized carbons (Fsp3) is 0.200. The number of hydrogen-bond donors (Lipinski definition) is 1. The Hall–Kier alpha value is -4.00. The molecule has 0 heterocycles. The molecule has 3 aromatic carbocycles. The summed E-state index contributed by atoms with van der Waals surface area (Å²) in [4.78, 5) is 25.5. The molecular weight excluding hydrogens is 412 g/mol. The lowest BCUT2D eigenvalue weighted by Crippen LogP contribution is -2.11. The first-order valence-electron chi connectivity index (χ1n) is 9.83. The third-order valence-electron chi connectivity index (χ3n) is 4.83. The van der Waals surface area contributed by atoms with E-state index in [0.29, 0.717) is 23.9 Å². The molecule has 0 aromatic heterocycles. The van der Waals surface area contributed by atoms with Gasteiger partial charge in [-0.3, -0.25) is 9.59 Å². The van der Waals surface area contributed by atoms with Crippen LogP contribution in [-0.2, 0) is 6.61 Å². The second kappa shape index (κ2) is 10.3. The molecule has 0 saturated carbocycles. The van der Waals surface area contributed by atoms with Gasteiger partial charge in [-0.15, -0.1) is 0 Å². The van der Waals surface area contributed by atoms with Crippen LogP contribution in [0.25, 0.3) is 0 Å². The number of hydrogen-bond acceptors (Lipinski definition) is 7. The zero-order valence-electron chi connectivity index (χ0n) is 18.1. The molecule has 0 radical (unpaired) electrons. The summed E-state index contributed by atoms with van der Waals surface area (Å²) in [6.45, 7) is 0.347. The first-order chi connectivity index (χ1) is 15.5. The van der Waals surface area contributed by atoms with Crippen LogP contribution in [0.15, 0.2) is 60.7 Å². The molecule has 7 nitrogen and oxygen atoms in total. The minimum atomic E-state index is -0.574. The average molecular weight is 436 g/mol. The van der Waals surface area contributed by atoms with Crippen molar-refractivity contribution >= 4 is 11.6 Å². The van der Waals surface area contributed by atoms with Gasteiger partial charge in [0.05, 0.1) is 27.8 Å². The molecule has 0 aliphatic carbocycles. The fourth-order valence-corrected chi connectivity index (χ4v) is 3.17. The van der Waals surface area contributed by atoms with E-state index in [9.17, 15) is 14.7 Å². The molecule has 166 valence electrons. The van der Waals surface area contributed by atoms with Gasteiger partial charge < -0.3 is 24.1 Å². The smallest absolute Gasteiger partial charge is 0.178 e. The Balaban J connectivity index is 1.76. The summed E-state index contributed by atoms with van der Waals surface area (Å²) in [6, 6.07) is 17.1. The normalized spacial score (nSPS) is 10.3. The SMILES string of the molecule is COc1cc(O)c(C(=O)CC(=O)c2ccc(OCc3ccccc3)c(OC)c2)c(OC)c1. The van der Waals surface area contributed by atoms with Crippen molar-refractivity contribution in [2.24, 2.45) is 0 Å². The third-order valence-corrected chi connectivity index (χ3v) is 4.83. The van der Waals surface area contributed by atoms with E-state index in [-0.39, 0.29) is 22.6 Å². The molecule has 0 amide bonds. The van der Waals surface area contributed by atoms with Crippen LogP contribution in [0.2, 0.25) is 0 Å². The second-order valence-corrected chi connectivity index (χ2v) is 6.89. The Labute approximate surface area is 186 Å². The predicted octanol–water partition coefficient (Wildman–Crippen LogP) is 4.45. The highest BCUT2D eigenvalue weighted by Crippen LogP contribution is 2.35. The second-order valence-electron chi connectivity index (χ2n) is 6.89. The lowest BCUT2D eigenvalue weighted by molar-refractivity contribution is 0.0891. The van der Waals surface area contributed by atoms with Gasteiger partial charge in [0, 0.05) is 17.7 Å². The number of methoxy groups -OCH3 is 3. The number of carbonyl (C=O) groups is 2. The van der Waals surface area contributed by atoms with Crippen molar-refractivity contribution in [1.82, 2.24) is 0 Å². The van der Waals surface area contributed by atoms with Gasteiger partial charge in [-0.1, -0.05) is 30.3 Å². The van der Waals surface area contributed by atoms with E-state index < -0.39 is 18.0 Å².